The molecule has 0 spiro atoms. The van der Waals surface area contributed by atoms with E-state index in [1.807, 2.05) is 13.8 Å². The normalized spacial score (nSPS) is 11.0. The third-order valence-electron chi connectivity index (χ3n) is 3.28. The van der Waals surface area contributed by atoms with Crippen LogP contribution in [-0.2, 0) is 11.2 Å². The number of benzene rings is 1. The first kappa shape index (κ1) is 15.0. The van der Waals surface area contributed by atoms with E-state index in [1.54, 1.807) is 12.1 Å². The van der Waals surface area contributed by atoms with E-state index in [0.717, 1.165) is 4.68 Å². The summed E-state index contributed by atoms with van der Waals surface area (Å²) in [6.07, 6.45) is -0.0102. The molecule has 2 N–H and O–H groups in total. The molecule has 0 unspecified atom stereocenters. The van der Waals surface area contributed by atoms with E-state index in [0.29, 0.717) is 11.3 Å². The van der Waals surface area contributed by atoms with Crippen LogP contribution in [0.3, 0.4) is 0 Å². The summed E-state index contributed by atoms with van der Waals surface area (Å²) in [5.74, 6) is -1.47. The van der Waals surface area contributed by atoms with Crippen LogP contribution in [0, 0.1) is 5.82 Å². The van der Waals surface area contributed by atoms with Crippen molar-refractivity contribution in [3.05, 3.63) is 51.7 Å². The predicted molar refractivity (Wildman–Crippen MR) is 76.4 cm³/mol. The van der Waals surface area contributed by atoms with E-state index in [1.165, 1.54) is 12.1 Å². The fourth-order valence-electron chi connectivity index (χ4n) is 2.24. The first-order chi connectivity index (χ1) is 9.91. The number of hydrogen-bond donors (Lipinski definition) is 2. The van der Waals surface area contributed by atoms with Crippen molar-refractivity contribution >= 4 is 5.97 Å². The first-order valence-electron chi connectivity index (χ1n) is 6.72. The van der Waals surface area contributed by atoms with Crippen LogP contribution in [-0.4, -0.2) is 20.9 Å². The molecule has 1 aromatic heterocycles. The number of carbonyl (C=O) groups is 1. The number of hydrogen-bond acceptors (Lipinski definition) is 2. The van der Waals surface area contributed by atoms with E-state index in [9.17, 15) is 14.0 Å². The van der Waals surface area contributed by atoms with E-state index in [2.05, 4.69) is 5.10 Å². The summed E-state index contributed by atoms with van der Waals surface area (Å²) in [6, 6.07) is 5.95. The zero-order valence-corrected chi connectivity index (χ0v) is 11.9. The van der Waals surface area contributed by atoms with Crippen LogP contribution in [0.4, 0.5) is 4.39 Å². The monoisotopic (exact) mass is 292 g/mol. The number of carboxylic acids is 1. The maximum absolute atomic E-state index is 13.8. The third-order valence-corrected chi connectivity index (χ3v) is 3.28. The van der Waals surface area contributed by atoms with Crippen LogP contribution in [0.15, 0.2) is 29.1 Å². The molecule has 6 heteroatoms. The number of halogens is 1. The molecule has 1 aromatic carbocycles. The van der Waals surface area contributed by atoms with Crippen molar-refractivity contribution in [2.75, 3.05) is 0 Å². The summed E-state index contributed by atoms with van der Waals surface area (Å²) >= 11 is 0. The van der Waals surface area contributed by atoms with Gasteiger partial charge in [-0.25, -0.2) is 9.07 Å². The molecule has 2 aromatic rings. The molecule has 0 aliphatic carbocycles. The van der Waals surface area contributed by atoms with Gasteiger partial charge in [0.15, 0.2) is 0 Å². The van der Waals surface area contributed by atoms with Crippen LogP contribution in [0.5, 0.6) is 0 Å². The van der Waals surface area contributed by atoms with E-state index in [-0.39, 0.29) is 24.4 Å². The molecular formula is C15H17FN2O3. The largest absolute Gasteiger partial charge is 0.481 e. The molecular weight excluding hydrogens is 275 g/mol. The van der Waals surface area contributed by atoms with E-state index < -0.39 is 17.3 Å². The zero-order valence-electron chi connectivity index (χ0n) is 11.9. The standard InChI is InChI=1S/C15H17FN2O3/c1-9(2)14-10(7-8-13(19)20)15(21)18(17-14)12-6-4-3-5-11(12)16/h3-6,9,17H,7-8H2,1-2H3,(H,19,20). The van der Waals surface area contributed by atoms with Crippen molar-refractivity contribution in [3.63, 3.8) is 0 Å². The molecule has 0 aliphatic heterocycles. The van der Waals surface area contributed by atoms with Gasteiger partial charge in [0.2, 0.25) is 0 Å². The molecule has 112 valence electrons. The number of aliphatic carboxylic acids is 1. The van der Waals surface area contributed by atoms with Crippen LogP contribution in [0.25, 0.3) is 5.69 Å². The van der Waals surface area contributed by atoms with Gasteiger partial charge in [0.1, 0.15) is 11.5 Å². The fraction of sp³-hybridized carbons (Fsp3) is 0.333. The Morgan fingerprint density at radius 1 is 1.38 bits per heavy atom. The molecule has 0 atom stereocenters. The highest BCUT2D eigenvalue weighted by Crippen LogP contribution is 2.18. The quantitative estimate of drug-likeness (QED) is 0.888. The second kappa shape index (κ2) is 5.95. The van der Waals surface area contributed by atoms with Gasteiger partial charge in [0.05, 0.1) is 0 Å². The average Bonchev–Trinajstić information content (AvgIpc) is 2.74. The molecule has 0 bridgehead atoms. The van der Waals surface area contributed by atoms with Gasteiger partial charge in [-0.1, -0.05) is 26.0 Å². The highest BCUT2D eigenvalue weighted by Gasteiger charge is 2.19. The van der Waals surface area contributed by atoms with Gasteiger partial charge in [0, 0.05) is 17.7 Å². The van der Waals surface area contributed by atoms with Gasteiger partial charge < -0.3 is 5.11 Å². The minimum absolute atomic E-state index is 0.00881. The lowest BCUT2D eigenvalue weighted by Crippen LogP contribution is -2.19. The van der Waals surface area contributed by atoms with Gasteiger partial charge in [-0.3, -0.25) is 14.7 Å². The van der Waals surface area contributed by atoms with Crippen molar-refractivity contribution in [2.24, 2.45) is 0 Å². The predicted octanol–water partition coefficient (Wildman–Crippen LogP) is 2.45. The van der Waals surface area contributed by atoms with Gasteiger partial charge in [-0.2, -0.15) is 0 Å². The SMILES string of the molecule is CC(C)c1[nH]n(-c2ccccc2F)c(=O)c1CCC(=O)O. The molecule has 0 amide bonds. The summed E-state index contributed by atoms with van der Waals surface area (Å²) < 4.78 is 15.0. The molecule has 0 fully saturated rings. The summed E-state index contributed by atoms with van der Waals surface area (Å²) in [6.45, 7) is 3.78. The fourth-order valence-corrected chi connectivity index (χ4v) is 2.24. The van der Waals surface area contributed by atoms with Gasteiger partial charge in [0.25, 0.3) is 5.56 Å². The molecule has 21 heavy (non-hydrogen) atoms. The van der Waals surface area contributed by atoms with Gasteiger partial charge in [-0.15, -0.1) is 0 Å². The first-order valence-corrected chi connectivity index (χ1v) is 6.72. The number of nitrogens with zero attached hydrogens (tertiary/aromatic N) is 1. The second-order valence-electron chi connectivity index (χ2n) is 5.14. The number of nitrogens with one attached hydrogen (secondary N) is 1. The molecule has 0 radical (unpaired) electrons. The Labute approximate surface area is 121 Å². The molecule has 0 aliphatic rings. The average molecular weight is 292 g/mol. The van der Waals surface area contributed by atoms with Gasteiger partial charge in [-0.05, 0) is 24.5 Å². The number of H-pyrrole nitrogens is 1. The number of carboxylic acid groups (broad SMARTS) is 1. The maximum Gasteiger partial charge on any atom is 0.303 e. The van der Waals surface area contributed by atoms with E-state index in [4.69, 9.17) is 5.11 Å². The third kappa shape index (κ3) is 3.04. The Kier molecular flexibility index (Phi) is 4.26. The highest BCUT2D eigenvalue weighted by atomic mass is 19.1. The number of rotatable bonds is 5. The van der Waals surface area contributed by atoms with E-state index >= 15 is 0 Å². The summed E-state index contributed by atoms with van der Waals surface area (Å²) in [5, 5.41) is 11.7. The number of aromatic amines is 1. The van der Waals surface area contributed by atoms with Gasteiger partial charge >= 0.3 is 5.97 Å². The Hall–Kier alpha value is -2.37. The van der Waals surface area contributed by atoms with Crippen LogP contribution < -0.4 is 5.56 Å². The topological polar surface area (TPSA) is 75.1 Å². The Bertz CT molecular complexity index is 716. The Morgan fingerprint density at radius 2 is 2.05 bits per heavy atom. The summed E-state index contributed by atoms with van der Waals surface area (Å²) in [4.78, 5) is 23.1. The molecule has 0 saturated heterocycles. The molecule has 1 heterocycles. The Morgan fingerprint density at radius 3 is 2.62 bits per heavy atom. The highest BCUT2D eigenvalue weighted by molar-refractivity contribution is 5.67. The van der Waals surface area contributed by atoms with Crippen molar-refractivity contribution in [2.45, 2.75) is 32.6 Å². The second-order valence-corrected chi connectivity index (χ2v) is 5.14. The summed E-state index contributed by atoms with van der Waals surface area (Å²) in [5.41, 5.74) is 0.774. The smallest absolute Gasteiger partial charge is 0.303 e. The Balaban J connectivity index is 2.54. The van der Waals surface area contributed by atoms with Crippen molar-refractivity contribution < 1.29 is 14.3 Å². The lowest BCUT2D eigenvalue weighted by molar-refractivity contribution is -0.136. The minimum atomic E-state index is -0.970. The molecule has 2 rings (SSSR count). The van der Waals surface area contributed by atoms with Crippen molar-refractivity contribution in [1.29, 1.82) is 0 Å². The lowest BCUT2D eigenvalue weighted by Gasteiger charge is -2.05. The summed E-state index contributed by atoms with van der Waals surface area (Å²) in [7, 11) is 0. The van der Waals surface area contributed by atoms with Crippen molar-refractivity contribution in [1.82, 2.24) is 9.78 Å². The van der Waals surface area contributed by atoms with Crippen LogP contribution in [0.1, 0.15) is 37.4 Å². The van der Waals surface area contributed by atoms with Crippen LogP contribution in [0.2, 0.25) is 0 Å². The molecule has 0 saturated carbocycles. The zero-order chi connectivity index (χ0) is 15.6. The number of aromatic nitrogens is 2. The molecule has 5 nitrogen and oxygen atoms in total. The number of para-hydroxylation sites is 1. The van der Waals surface area contributed by atoms with Crippen LogP contribution >= 0.6 is 0 Å². The lowest BCUT2D eigenvalue weighted by atomic mass is 10.0. The van der Waals surface area contributed by atoms with Crippen molar-refractivity contribution in [3.8, 4) is 5.69 Å². The maximum atomic E-state index is 13.8. The minimum Gasteiger partial charge on any atom is -0.481 e.